The molecule has 7 heteroatoms. The highest BCUT2D eigenvalue weighted by Gasteiger charge is 2.17. The molecule has 0 spiro atoms. The van der Waals surface area contributed by atoms with E-state index in [1.165, 1.54) is 7.11 Å². The molecule has 148 valence electrons. The highest BCUT2D eigenvalue weighted by Crippen LogP contribution is 2.22. The van der Waals surface area contributed by atoms with Gasteiger partial charge < -0.3 is 4.74 Å². The van der Waals surface area contributed by atoms with Crippen LogP contribution in [-0.4, -0.2) is 28.0 Å². The van der Waals surface area contributed by atoms with Gasteiger partial charge in [0, 0.05) is 13.0 Å². The van der Waals surface area contributed by atoms with Crippen molar-refractivity contribution in [1.82, 2.24) is 4.72 Å². The van der Waals surface area contributed by atoms with Crippen LogP contribution in [-0.2, 0) is 21.2 Å². The number of rotatable bonds is 8. The van der Waals surface area contributed by atoms with Crippen LogP contribution in [0.2, 0.25) is 0 Å². The number of hydrogen-bond donors (Lipinski definition) is 1. The summed E-state index contributed by atoms with van der Waals surface area (Å²) in [7, 11) is -2.32. The topological polar surface area (TPSA) is 72.5 Å². The van der Waals surface area contributed by atoms with Gasteiger partial charge in [-0.2, -0.15) is 0 Å². The summed E-state index contributed by atoms with van der Waals surface area (Å²) in [6.07, 6.45) is 3.92. The van der Waals surface area contributed by atoms with E-state index in [2.05, 4.69) is 32.0 Å². The first-order valence-corrected chi connectivity index (χ1v) is 10.8. The molecule has 0 saturated heterocycles. The second-order valence-corrected chi connectivity index (χ2v) is 9.03. The van der Waals surface area contributed by atoms with Crippen LogP contribution in [0, 0.1) is 6.92 Å². The van der Waals surface area contributed by atoms with Gasteiger partial charge in [0.25, 0.3) is 0 Å². The Morgan fingerprint density at radius 2 is 1.89 bits per heavy atom. The van der Waals surface area contributed by atoms with Gasteiger partial charge in [0.2, 0.25) is 10.0 Å². The molecule has 0 fully saturated rings. The van der Waals surface area contributed by atoms with E-state index in [9.17, 15) is 13.2 Å². The van der Waals surface area contributed by atoms with E-state index in [4.69, 9.17) is 0 Å². The van der Waals surface area contributed by atoms with Crippen LogP contribution in [0.3, 0.4) is 0 Å². The van der Waals surface area contributed by atoms with Crippen molar-refractivity contribution in [3.63, 3.8) is 0 Å². The predicted octanol–water partition coefficient (Wildman–Crippen LogP) is 4.22. The first-order valence-electron chi connectivity index (χ1n) is 8.50. The van der Waals surface area contributed by atoms with Gasteiger partial charge in [-0.25, -0.2) is 17.9 Å². The zero-order chi connectivity index (χ0) is 20.7. The van der Waals surface area contributed by atoms with E-state index in [0.717, 1.165) is 11.1 Å². The van der Waals surface area contributed by atoms with Crippen LogP contribution in [0.5, 0.6) is 0 Å². The Morgan fingerprint density at radius 1 is 1.21 bits per heavy atom. The standard InChI is InChI=1S/C21H22BrNO4S/c1-15-6-11-20(19(13-15)14-16(2)22)28(25,26)23-12-4-5-17-7-9-18(10-8-17)21(24)27-3/h4-11,13,23H,2,12,14H2,1,3H3/b5-4+. The number of sulfonamides is 1. The molecule has 0 atom stereocenters. The number of nitrogens with one attached hydrogen (secondary N) is 1. The van der Waals surface area contributed by atoms with Crippen LogP contribution < -0.4 is 4.72 Å². The van der Waals surface area contributed by atoms with E-state index in [0.29, 0.717) is 22.0 Å². The molecule has 1 N–H and O–H groups in total. The van der Waals surface area contributed by atoms with E-state index in [1.807, 2.05) is 13.0 Å². The summed E-state index contributed by atoms with van der Waals surface area (Å²) in [6.45, 7) is 5.85. The van der Waals surface area contributed by atoms with E-state index in [-0.39, 0.29) is 11.4 Å². The molecule has 28 heavy (non-hydrogen) atoms. The lowest BCUT2D eigenvalue weighted by atomic mass is 10.1. The third-order valence-electron chi connectivity index (χ3n) is 3.92. The summed E-state index contributed by atoms with van der Waals surface area (Å²) in [6, 6.07) is 12.1. The maximum absolute atomic E-state index is 12.7. The molecule has 0 radical (unpaired) electrons. The Hall–Kier alpha value is -2.22. The summed E-state index contributed by atoms with van der Waals surface area (Å²) in [5.74, 6) is -0.400. The van der Waals surface area contributed by atoms with Crippen molar-refractivity contribution in [3.05, 3.63) is 81.9 Å². The molecule has 0 unspecified atom stereocenters. The second kappa shape index (κ2) is 9.82. The number of halogens is 1. The van der Waals surface area contributed by atoms with Crippen LogP contribution >= 0.6 is 15.9 Å². The monoisotopic (exact) mass is 463 g/mol. The molecule has 5 nitrogen and oxygen atoms in total. The molecular weight excluding hydrogens is 442 g/mol. The number of carbonyl (C=O) groups excluding carboxylic acids is 1. The normalized spacial score (nSPS) is 11.5. The van der Waals surface area contributed by atoms with Crippen molar-refractivity contribution in [3.8, 4) is 0 Å². The first-order chi connectivity index (χ1) is 13.2. The third kappa shape index (κ3) is 6.15. The maximum Gasteiger partial charge on any atom is 0.337 e. The molecule has 0 aliphatic rings. The molecule has 0 amide bonds. The Labute approximate surface area is 174 Å². The van der Waals surface area contributed by atoms with Gasteiger partial charge in [-0.1, -0.05) is 64.5 Å². The molecule has 0 heterocycles. The molecule has 0 aliphatic heterocycles. The number of ether oxygens (including phenoxy) is 1. The lowest BCUT2D eigenvalue weighted by Gasteiger charge is -2.11. The Morgan fingerprint density at radius 3 is 2.50 bits per heavy atom. The summed E-state index contributed by atoms with van der Waals surface area (Å²) in [5, 5.41) is 0. The van der Waals surface area contributed by atoms with Gasteiger partial charge in [-0.15, -0.1) is 0 Å². The van der Waals surface area contributed by atoms with E-state index < -0.39 is 16.0 Å². The third-order valence-corrected chi connectivity index (χ3v) is 5.73. The highest BCUT2D eigenvalue weighted by atomic mass is 79.9. The SMILES string of the molecule is C=C(Br)Cc1cc(C)ccc1S(=O)(=O)NC/C=C/c1ccc(C(=O)OC)cc1. The molecular formula is C21H22BrNO4S. The van der Waals surface area contributed by atoms with Gasteiger partial charge in [-0.05, 0) is 40.7 Å². The summed E-state index contributed by atoms with van der Waals surface area (Å²) >= 11 is 3.30. The largest absolute Gasteiger partial charge is 0.465 e. The average molecular weight is 464 g/mol. The highest BCUT2D eigenvalue weighted by molar-refractivity contribution is 9.11. The van der Waals surface area contributed by atoms with Crippen LogP contribution in [0.4, 0.5) is 0 Å². The maximum atomic E-state index is 12.7. The Kier molecular flexibility index (Phi) is 7.74. The summed E-state index contributed by atoms with van der Waals surface area (Å²) in [5.41, 5.74) is 2.98. The molecule has 2 aromatic carbocycles. The zero-order valence-corrected chi connectivity index (χ0v) is 18.1. The number of hydrogen-bond acceptors (Lipinski definition) is 4. The number of benzene rings is 2. The minimum absolute atomic E-state index is 0.143. The fourth-order valence-electron chi connectivity index (χ4n) is 2.59. The van der Waals surface area contributed by atoms with Gasteiger partial charge >= 0.3 is 5.97 Å². The number of allylic oxidation sites excluding steroid dienone is 1. The van der Waals surface area contributed by atoms with Gasteiger partial charge in [0.15, 0.2) is 0 Å². The van der Waals surface area contributed by atoms with Crippen molar-refractivity contribution in [2.45, 2.75) is 18.2 Å². The average Bonchev–Trinajstić information content (AvgIpc) is 2.64. The van der Waals surface area contributed by atoms with Crippen molar-refractivity contribution in [2.24, 2.45) is 0 Å². The van der Waals surface area contributed by atoms with E-state index >= 15 is 0 Å². The molecule has 0 saturated carbocycles. The van der Waals surface area contributed by atoms with Crippen LogP contribution in [0.25, 0.3) is 6.08 Å². The zero-order valence-electron chi connectivity index (χ0n) is 15.7. The quantitative estimate of drug-likeness (QED) is 0.594. The van der Waals surface area contributed by atoms with Crippen LogP contribution in [0.1, 0.15) is 27.0 Å². The summed E-state index contributed by atoms with van der Waals surface area (Å²) < 4.78 is 33.3. The van der Waals surface area contributed by atoms with Gasteiger partial charge in [0.1, 0.15) is 0 Å². The lowest BCUT2D eigenvalue weighted by molar-refractivity contribution is 0.0600. The molecule has 0 bridgehead atoms. The minimum atomic E-state index is -3.65. The number of carbonyl (C=O) groups is 1. The molecule has 0 aliphatic carbocycles. The second-order valence-electron chi connectivity index (χ2n) is 6.17. The minimum Gasteiger partial charge on any atom is -0.465 e. The van der Waals surface area contributed by atoms with Crippen molar-refractivity contribution in [1.29, 1.82) is 0 Å². The van der Waals surface area contributed by atoms with Gasteiger partial charge in [-0.3, -0.25) is 0 Å². The van der Waals surface area contributed by atoms with Crippen molar-refractivity contribution in [2.75, 3.05) is 13.7 Å². The predicted molar refractivity (Wildman–Crippen MR) is 115 cm³/mol. The molecule has 2 aromatic rings. The van der Waals surface area contributed by atoms with Crippen molar-refractivity contribution >= 4 is 38.0 Å². The Balaban J connectivity index is 2.07. The van der Waals surface area contributed by atoms with Crippen molar-refractivity contribution < 1.29 is 17.9 Å². The van der Waals surface area contributed by atoms with Crippen LogP contribution in [0.15, 0.2) is 64.5 Å². The number of esters is 1. The number of aryl methyl sites for hydroxylation is 1. The first kappa shape index (κ1) is 22.1. The van der Waals surface area contributed by atoms with E-state index in [1.54, 1.807) is 48.6 Å². The Bertz CT molecular complexity index is 996. The summed E-state index contributed by atoms with van der Waals surface area (Å²) in [4.78, 5) is 11.7. The molecule has 2 rings (SSSR count). The molecule has 0 aromatic heterocycles. The number of methoxy groups -OCH3 is 1. The van der Waals surface area contributed by atoms with Gasteiger partial charge in [0.05, 0.1) is 17.6 Å². The lowest BCUT2D eigenvalue weighted by Crippen LogP contribution is -2.25. The smallest absolute Gasteiger partial charge is 0.337 e. The fourth-order valence-corrected chi connectivity index (χ4v) is 4.09. The fraction of sp³-hybridized carbons (Fsp3) is 0.190.